The maximum absolute atomic E-state index is 5.95. The van der Waals surface area contributed by atoms with Crippen LogP contribution in [0.2, 0.25) is 0 Å². The van der Waals surface area contributed by atoms with Crippen LogP contribution in [0.5, 0.6) is 11.5 Å². The Labute approximate surface area is 141 Å². The van der Waals surface area contributed by atoms with Gasteiger partial charge in [0.1, 0.15) is 0 Å². The summed E-state index contributed by atoms with van der Waals surface area (Å²) in [5.41, 5.74) is 4.12. The lowest BCUT2D eigenvalue weighted by Gasteiger charge is -2.10. The third kappa shape index (κ3) is 5.16. The highest BCUT2D eigenvalue weighted by Gasteiger charge is 2.14. The lowest BCUT2D eigenvalue weighted by Crippen LogP contribution is -1.94. The molecule has 1 saturated carbocycles. The van der Waals surface area contributed by atoms with E-state index in [1.54, 1.807) is 7.11 Å². The SMILES string of the molecule is CCCCC=C1CCCC1=COc1ccc(CCC)cc1OC. The largest absolute Gasteiger partial charge is 0.493 e. The molecule has 0 aromatic heterocycles. The van der Waals surface area contributed by atoms with Gasteiger partial charge in [-0.2, -0.15) is 0 Å². The van der Waals surface area contributed by atoms with E-state index < -0.39 is 0 Å². The van der Waals surface area contributed by atoms with E-state index in [-0.39, 0.29) is 0 Å². The number of benzene rings is 1. The third-order valence-electron chi connectivity index (χ3n) is 4.35. The Morgan fingerprint density at radius 3 is 2.61 bits per heavy atom. The van der Waals surface area contributed by atoms with Gasteiger partial charge in [0.05, 0.1) is 13.4 Å². The summed E-state index contributed by atoms with van der Waals surface area (Å²) in [6, 6.07) is 6.24. The number of rotatable bonds is 8. The number of methoxy groups -OCH3 is 1. The van der Waals surface area contributed by atoms with Crippen LogP contribution in [-0.4, -0.2) is 7.11 Å². The molecule has 2 nitrogen and oxygen atoms in total. The van der Waals surface area contributed by atoms with Crippen LogP contribution in [0.3, 0.4) is 0 Å². The number of unbranched alkanes of at least 4 members (excludes halogenated alkanes) is 2. The topological polar surface area (TPSA) is 18.5 Å². The molecule has 1 aliphatic rings. The van der Waals surface area contributed by atoms with Crippen molar-refractivity contribution in [2.24, 2.45) is 0 Å². The molecule has 0 unspecified atom stereocenters. The Bertz CT molecular complexity index is 555. The summed E-state index contributed by atoms with van der Waals surface area (Å²) < 4.78 is 11.4. The second kappa shape index (κ2) is 9.44. The van der Waals surface area contributed by atoms with E-state index in [1.807, 2.05) is 12.3 Å². The highest BCUT2D eigenvalue weighted by Crippen LogP contribution is 2.33. The Morgan fingerprint density at radius 2 is 1.87 bits per heavy atom. The van der Waals surface area contributed by atoms with Crippen molar-refractivity contribution in [3.8, 4) is 11.5 Å². The zero-order valence-corrected chi connectivity index (χ0v) is 14.9. The van der Waals surface area contributed by atoms with Gasteiger partial charge in [-0.15, -0.1) is 0 Å². The van der Waals surface area contributed by atoms with Crippen molar-refractivity contribution in [2.45, 2.75) is 65.2 Å². The van der Waals surface area contributed by atoms with Gasteiger partial charge in [-0.3, -0.25) is 0 Å². The lowest BCUT2D eigenvalue weighted by atomic mass is 10.1. The average Bonchev–Trinajstić information content (AvgIpc) is 3.01. The minimum atomic E-state index is 0.805. The monoisotopic (exact) mass is 314 g/mol. The summed E-state index contributed by atoms with van der Waals surface area (Å²) in [6.45, 7) is 4.43. The molecule has 0 atom stereocenters. The molecule has 1 fully saturated rings. The molecule has 2 heteroatoms. The van der Waals surface area contributed by atoms with E-state index in [2.05, 4.69) is 32.1 Å². The molecule has 1 aromatic rings. The molecule has 23 heavy (non-hydrogen) atoms. The maximum atomic E-state index is 5.95. The fourth-order valence-corrected chi connectivity index (χ4v) is 3.03. The molecule has 2 rings (SSSR count). The van der Waals surface area contributed by atoms with Crippen molar-refractivity contribution in [2.75, 3.05) is 7.11 Å². The third-order valence-corrected chi connectivity index (χ3v) is 4.35. The van der Waals surface area contributed by atoms with Crippen LogP contribution < -0.4 is 9.47 Å². The van der Waals surface area contributed by atoms with E-state index in [4.69, 9.17) is 9.47 Å². The first-order valence-electron chi connectivity index (χ1n) is 9.00. The molecule has 1 aromatic carbocycles. The molecule has 126 valence electrons. The normalized spacial score (nSPS) is 17.9. The summed E-state index contributed by atoms with van der Waals surface area (Å²) in [4.78, 5) is 0. The Balaban J connectivity index is 2.07. The van der Waals surface area contributed by atoms with Crippen LogP contribution in [0.25, 0.3) is 0 Å². The standard InChI is InChI=1S/C21H30O2/c1-4-6-7-10-18-11-8-12-19(18)16-23-20-14-13-17(9-5-2)15-21(20)22-3/h10,13-16H,4-9,11-12H2,1-3H3. The molecule has 0 bridgehead atoms. The minimum absolute atomic E-state index is 0.805. The first-order valence-corrected chi connectivity index (χ1v) is 9.00. The van der Waals surface area contributed by atoms with Crippen LogP contribution in [0.1, 0.15) is 64.4 Å². The van der Waals surface area contributed by atoms with Crippen LogP contribution in [0.15, 0.2) is 41.7 Å². The predicted octanol–water partition coefficient (Wildman–Crippen LogP) is 6.21. The van der Waals surface area contributed by atoms with Gasteiger partial charge >= 0.3 is 0 Å². The Kier molecular flexibility index (Phi) is 7.25. The smallest absolute Gasteiger partial charge is 0.168 e. The van der Waals surface area contributed by atoms with Crippen molar-refractivity contribution < 1.29 is 9.47 Å². The number of allylic oxidation sites excluding steroid dienone is 3. The summed E-state index contributed by atoms with van der Waals surface area (Å²) in [6.07, 6.45) is 13.8. The average molecular weight is 314 g/mol. The summed E-state index contributed by atoms with van der Waals surface area (Å²) in [5.74, 6) is 1.63. The molecule has 0 radical (unpaired) electrons. The second-order valence-electron chi connectivity index (χ2n) is 6.22. The van der Waals surface area contributed by atoms with Crippen LogP contribution in [-0.2, 0) is 6.42 Å². The van der Waals surface area contributed by atoms with Crippen molar-refractivity contribution in [3.63, 3.8) is 0 Å². The number of hydrogen-bond acceptors (Lipinski definition) is 2. The van der Waals surface area contributed by atoms with E-state index in [9.17, 15) is 0 Å². The van der Waals surface area contributed by atoms with Crippen molar-refractivity contribution >= 4 is 0 Å². The summed E-state index contributed by atoms with van der Waals surface area (Å²) in [7, 11) is 1.71. The molecule has 0 heterocycles. The minimum Gasteiger partial charge on any atom is -0.493 e. The van der Waals surface area contributed by atoms with E-state index >= 15 is 0 Å². The van der Waals surface area contributed by atoms with Gasteiger partial charge in [0.15, 0.2) is 11.5 Å². The molecule has 0 amide bonds. The van der Waals surface area contributed by atoms with Gasteiger partial charge in [0.2, 0.25) is 0 Å². The number of aryl methyl sites for hydroxylation is 1. The lowest BCUT2D eigenvalue weighted by molar-refractivity contribution is 0.376. The second-order valence-corrected chi connectivity index (χ2v) is 6.22. The first kappa shape index (κ1) is 17.7. The first-order chi connectivity index (χ1) is 11.3. The van der Waals surface area contributed by atoms with Gasteiger partial charge in [-0.05, 0) is 60.9 Å². The number of ether oxygens (including phenoxy) is 2. The van der Waals surface area contributed by atoms with Gasteiger partial charge in [0.25, 0.3) is 0 Å². The zero-order valence-electron chi connectivity index (χ0n) is 14.9. The van der Waals surface area contributed by atoms with Crippen LogP contribution in [0, 0.1) is 0 Å². The van der Waals surface area contributed by atoms with E-state index in [0.717, 1.165) is 30.8 Å². The van der Waals surface area contributed by atoms with Crippen molar-refractivity contribution in [1.29, 1.82) is 0 Å². The zero-order chi connectivity index (χ0) is 16.5. The van der Waals surface area contributed by atoms with Gasteiger partial charge in [-0.1, -0.05) is 45.3 Å². The Hall–Kier alpha value is -1.70. The van der Waals surface area contributed by atoms with Gasteiger partial charge < -0.3 is 9.47 Å². The van der Waals surface area contributed by atoms with E-state index in [0.29, 0.717) is 0 Å². The molecular formula is C21H30O2. The summed E-state index contributed by atoms with van der Waals surface area (Å²) in [5, 5.41) is 0. The number of hydrogen-bond donors (Lipinski definition) is 0. The molecule has 0 aliphatic heterocycles. The Morgan fingerprint density at radius 1 is 1.04 bits per heavy atom. The molecule has 1 aliphatic carbocycles. The fourth-order valence-electron chi connectivity index (χ4n) is 3.03. The molecule has 0 N–H and O–H groups in total. The molecule has 0 spiro atoms. The highest BCUT2D eigenvalue weighted by molar-refractivity contribution is 5.44. The molecular weight excluding hydrogens is 284 g/mol. The quantitative estimate of drug-likeness (QED) is 0.419. The van der Waals surface area contributed by atoms with Gasteiger partial charge in [0, 0.05) is 0 Å². The van der Waals surface area contributed by atoms with Crippen LogP contribution in [0.4, 0.5) is 0 Å². The summed E-state index contributed by atoms with van der Waals surface area (Å²) >= 11 is 0. The maximum Gasteiger partial charge on any atom is 0.168 e. The fraction of sp³-hybridized carbons (Fsp3) is 0.524. The van der Waals surface area contributed by atoms with Gasteiger partial charge in [-0.25, -0.2) is 0 Å². The van der Waals surface area contributed by atoms with Crippen molar-refractivity contribution in [3.05, 3.63) is 47.2 Å². The van der Waals surface area contributed by atoms with E-state index in [1.165, 1.54) is 48.8 Å². The highest BCUT2D eigenvalue weighted by atomic mass is 16.5. The molecule has 0 saturated heterocycles. The van der Waals surface area contributed by atoms with Crippen LogP contribution >= 0.6 is 0 Å². The van der Waals surface area contributed by atoms with Crippen molar-refractivity contribution in [1.82, 2.24) is 0 Å². The predicted molar refractivity (Wildman–Crippen MR) is 97.2 cm³/mol.